The summed E-state index contributed by atoms with van der Waals surface area (Å²) < 4.78 is 0. The van der Waals surface area contributed by atoms with Crippen LogP contribution in [0.5, 0.6) is 0 Å². The minimum Gasteiger partial charge on any atom is -0.352 e. The molecule has 3 N–H and O–H groups in total. The summed E-state index contributed by atoms with van der Waals surface area (Å²) in [6, 6.07) is 0.00593. The van der Waals surface area contributed by atoms with Gasteiger partial charge in [-0.05, 0) is 32.2 Å². The van der Waals surface area contributed by atoms with Crippen molar-refractivity contribution < 1.29 is 4.79 Å². The molecule has 0 saturated carbocycles. The Labute approximate surface area is 123 Å². The molecule has 1 fully saturated rings. The van der Waals surface area contributed by atoms with Gasteiger partial charge in [0.05, 0.1) is 6.04 Å². The monoisotopic (exact) mass is 291 g/mol. The molecule has 1 aliphatic heterocycles. The summed E-state index contributed by atoms with van der Waals surface area (Å²) in [4.78, 5) is 14.3. The van der Waals surface area contributed by atoms with E-state index in [1.54, 1.807) is 0 Å². The number of unbranched alkanes of at least 4 members (excludes halogenated alkanes) is 1. The van der Waals surface area contributed by atoms with Gasteiger partial charge in [0.2, 0.25) is 5.91 Å². The van der Waals surface area contributed by atoms with E-state index in [2.05, 4.69) is 24.1 Å². The van der Waals surface area contributed by atoms with Gasteiger partial charge in [-0.3, -0.25) is 4.79 Å². The Kier molecular flexibility index (Phi) is 10.3. The standard InChI is InChI=1S/C14H29N3O.ClH/c1-3-5-9-17-10-7-12(8-11-17)16-14(18)13(15)6-4-2;/h12-13H,3-11,15H2,1-2H3,(H,16,18);1H. The summed E-state index contributed by atoms with van der Waals surface area (Å²) in [5.74, 6) is 0.0314. The number of nitrogens with zero attached hydrogens (tertiary/aromatic N) is 1. The van der Waals surface area contributed by atoms with Crippen LogP contribution in [0.15, 0.2) is 0 Å². The lowest BCUT2D eigenvalue weighted by Crippen LogP contribution is -2.49. The number of likely N-dealkylation sites (tertiary alicyclic amines) is 1. The first-order valence-corrected chi connectivity index (χ1v) is 7.45. The van der Waals surface area contributed by atoms with E-state index in [1.165, 1.54) is 19.4 Å². The zero-order valence-electron chi connectivity index (χ0n) is 12.4. The average Bonchev–Trinajstić information content (AvgIpc) is 2.38. The van der Waals surface area contributed by atoms with Gasteiger partial charge < -0.3 is 16.0 Å². The Morgan fingerprint density at radius 1 is 1.32 bits per heavy atom. The number of rotatable bonds is 7. The van der Waals surface area contributed by atoms with Gasteiger partial charge in [-0.1, -0.05) is 26.7 Å². The van der Waals surface area contributed by atoms with Crippen LogP contribution in [0.4, 0.5) is 0 Å². The van der Waals surface area contributed by atoms with Gasteiger partial charge in [-0.15, -0.1) is 12.4 Å². The van der Waals surface area contributed by atoms with Crippen LogP contribution < -0.4 is 11.1 Å². The number of hydrogen-bond donors (Lipinski definition) is 2. The smallest absolute Gasteiger partial charge is 0.237 e. The van der Waals surface area contributed by atoms with Crippen molar-refractivity contribution in [3.63, 3.8) is 0 Å². The number of halogens is 1. The van der Waals surface area contributed by atoms with Crippen LogP contribution >= 0.6 is 12.4 Å². The maximum atomic E-state index is 11.8. The maximum Gasteiger partial charge on any atom is 0.237 e. The van der Waals surface area contributed by atoms with E-state index in [1.807, 2.05) is 0 Å². The Morgan fingerprint density at radius 3 is 2.47 bits per heavy atom. The van der Waals surface area contributed by atoms with Crippen molar-refractivity contribution in [3.05, 3.63) is 0 Å². The van der Waals surface area contributed by atoms with Crippen LogP contribution in [-0.4, -0.2) is 42.5 Å². The maximum absolute atomic E-state index is 11.8. The lowest BCUT2D eigenvalue weighted by Gasteiger charge is -2.32. The van der Waals surface area contributed by atoms with Crippen LogP contribution in [0.3, 0.4) is 0 Å². The fourth-order valence-electron chi connectivity index (χ4n) is 2.43. The van der Waals surface area contributed by atoms with Crippen molar-refractivity contribution in [2.75, 3.05) is 19.6 Å². The molecule has 0 bridgehead atoms. The zero-order valence-corrected chi connectivity index (χ0v) is 13.2. The number of piperidine rings is 1. The molecule has 1 heterocycles. The van der Waals surface area contributed by atoms with E-state index in [4.69, 9.17) is 5.73 Å². The van der Waals surface area contributed by atoms with E-state index in [0.29, 0.717) is 6.04 Å². The van der Waals surface area contributed by atoms with E-state index >= 15 is 0 Å². The predicted octanol–water partition coefficient (Wildman–Crippen LogP) is 1.92. The first-order chi connectivity index (χ1) is 8.67. The molecule has 0 spiro atoms. The van der Waals surface area contributed by atoms with Gasteiger partial charge in [-0.2, -0.15) is 0 Å². The molecule has 19 heavy (non-hydrogen) atoms. The van der Waals surface area contributed by atoms with E-state index in [9.17, 15) is 4.79 Å². The minimum absolute atomic E-state index is 0. The lowest BCUT2D eigenvalue weighted by atomic mass is 10.0. The summed E-state index contributed by atoms with van der Waals surface area (Å²) in [5, 5.41) is 3.09. The Bertz CT molecular complexity index is 243. The fraction of sp³-hybridized carbons (Fsp3) is 0.929. The number of hydrogen-bond acceptors (Lipinski definition) is 3. The van der Waals surface area contributed by atoms with Crippen LogP contribution in [-0.2, 0) is 4.79 Å². The topological polar surface area (TPSA) is 58.4 Å². The second-order valence-electron chi connectivity index (χ2n) is 5.37. The van der Waals surface area contributed by atoms with Gasteiger partial charge in [0.1, 0.15) is 0 Å². The molecule has 4 nitrogen and oxygen atoms in total. The van der Waals surface area contributed by atoms with Crippen molar-refractivity contribution in [2.24, 2.45) is 5.73 Å². The Morgan fingerprint density at radius 2 is 1.95 bits per heavy atom. The second kappa shape index (κ2) is 10.5. The highest BCUT2D eigenvalue weighted by Gasteiger charge is 2.22. The summed E-state index contributed by atoms with van der Waals surface area (Å²) in [6.45, 7) is 7.69. The lowest BCUT2D eigenvalue weighted by molar-refractivity contribution is -0.123. The van der Waals surface area contributed by atoms with Crippen molar-refractivity contribution in [2.45, 2.75) is 64.5 Å². The first-order valence-electron chi connectivity index (χ1n) is 7.45. The number of amides is 1. The van der Waals surface area contributed by atoms with Crippen molar-refractivity contribution in [1.29, 1.82) is 0 Å². The van der Waals surface area contributed by atoms with Gasteiger partial charge in [-0.25, -0.2) is 0 Å². The normalized spacial score (nSPS) is 18.7. The van der Waals surface area contributed by atoms with Gasteiger partial charge in [0, 0.05) is 19.1 Å². The average molecular weight is 292 g/mol. The van der Waals surface area contributed by atoms with Crippen LogP contribution in [0.1, 0.15) is 52.4 Å². The minimum atomic E-state index is -0.326. The summed E-state index contributed by atoms with van der Waals surface area (Å²) in [6.07, 6.45) is 6.40. The van der Waals surface area contributed by atoms with Crippen LogP contribution in [0.25, 0.3) is 0 Å². The number of carbonyl (C=O) groups is 1. The first kappa shape index (κ1) is 18.7. The third-order valence-corrected chi connectivity index (χ3v) is 3.70. The molecule has 1 rings (SSSR count). The fourth-order valence-corrected chi connectivity index (χ4v) is 2.43. The molecule has 0 aromatic heterocycles. The molecular weight excluding hydrogens is 262 g/mol. The molecule has 1 amide bonds. The summed E-state index contributed by atoms with van der Waals surface area (Å²) >= 11 is 0. The van der Waals surface area contributed by atoms with E-state index in [-0.39, 0.29) is 24.4 Å². The van der Waals surface area contributed by atoms with Crippen LogP contribution in [0.2, 0.25) is 0 Å². The predicted molar refractivity (Wildman–Crippen MR) is 82.6 cm³/mol. The molecule has 1 atom stereocenters. The molecule has 114 valence electrons. The molecular formula is C14H30ClN3O. The summed E-state index contributed by atoms with van der Waals surface area (Å²) in [5.41, 5.74) is 5.82. The molecule has 1 saturated heterocycles. The van der Waals surface area contributed by atoms with Gasteiger partial charge >= 0.3 is 0 Å². The third kappa shape index (κ3) is 7.14. The molecule has 1 unspecified atom stereocenters. The highest BCUT2D eigenvalue weighted by atomic mass is 35.5. The Balaban J connectivity index is 0.00000324. The van der Waals surface area contributed by atoms with Crippen molar-refractivity contribution in [3.8, 4) is 0 Å². The summed E-state index contributed by atoms with van der Waals surface area (Å²) in [7, 11) is 0. The van der Waals surface area contributed by atoms with Crippen molar-refractivity contribution >= 4 is 18.3 Å². The zero-order chi connectivity index (χ0) is 13.4. The molecule has 0 aromatic carbocycles. The highest BCUT2D eigenvalue weighted by molar-refractivity contribution is 5.85. The molecule has 0 radical (unpaired) electrons. The largest absolute Gasteiger partial charge is 0.352 e. The number of carbonyl (C=O) groups excluding carboxylic acids is 1. The Hall–Kier alpha value is -0.320. The molecule has 5 heteroatoms. The third-order valence-electron chi connectivity index (χ3n) is 3.70. The number of nitrogens with two attached hydrogens (primary N) is 1. The second-order valence-corrected chi connectivity index (χ2v) is 5.37. The molecule has 0 aromatic rings. The van der Waals surface area contributed by atoms with E-state index < -0.39 is 0 Å². The number of nitrogens with one attached hydrogen (secondary N) is 1. The van der Waals surface area contributed by atoms with Crippen molar-refractivity contribution in [1.82, 2.24) is 10.2 Å². The van der Waals surface area contributed by atoms with E-state index in [0.717, 1.165) is 38.8 Å². The SMILES string of the molecule is CCCCN1CCC(NC(=O)C(N)CCC)CC1.Cl. The molecule has 0 aliphatic carbocycles. The van der Waals surface area contributed by atoms with Gasteiger partial charge in [0.25, 0.3) is 0 Å². The molecule has 1 aliphatic rings. The van der Waals surface area contributed by atoms with Crippen LogP contribution in [0, 0.1) is 0 Å². The van der Waals surface area contributed by atoms with Gasteiger partial charge in [0.15, 0.2) is 0 Å². The quantitative estimate of drug-likeness (QED) is 0.753. The highest BCUT2D eigenvalue weighted by Crippen LogP contribution is 2.11.